The van der Waals surface area contributed by atoms with Crippen molar-refractivity contribution in [2.75, 3.05) is 21.3 Å². The van der Waals surface area contributed by atoms with Crippen molar-refractivity contribution >= 4 is 0 Å². The zero-order valence-electron chi connectivity index (χ0n) is 10.3. The molecule has 1 N–H and O–H groups in total. The molecule has 1 fully saturated rings. The van der Waals surface area contributed by atoms with E-state index in [4.69, 9.17) is 9.47 Å². The molecule has 1 aliphatic rings. The molecule has 1 atom stereocenters. The number of methoxy groups -OCH3 is 2. The van der Waals surface area contributed by atoms with E-state index in [2.05, 4.69) is 5.32 Å². The van der Waals surface area contributed by atoms with E-state index in [9.17, 15) is 0 Å². The minimum absolute atomic E-state index is 0.113. The Balaban J connectivity index is 2.53. The molecule has 0 aliphatic heterocycles. The van der Waals surface area contributed by atoms with Gasteiger partial charge >= 0.3 is 0 Å². The van der Waals surface area contributed by atoms with Crippen LogP contribution >= 0.6 is 0 Å². The molecule has 0 amide bonds. The van der Waals surface area contributed by atoms with E-state index in [-0.39, 0.29) is 6.29 Å². The number of ether oxygens (including phenoxy) is 2. The Bertz CT molecular complexity index is 152. The van der Waals surface area contributed by atoms with Gasteiger partial charge in [0.15, 0.2) is 6.29 Å². The quantitative estimate of drug-likeness (QED) is 0.563. The van der Waals surface area contributed by atoms with Gasteiger partial charge in [-0.2, -0.15) is 0 Å². The fourth-order valence-electron chi connectivity index (χ4n) is 2.65. The lowest BCUT2D eigenvalue weighted by Gasteiger charge is -2.31. The average molecular weight is 215 g/mol. The number of likely N-dealkylation sites (N-methyl/N-ethyl adjacent to an activating group) is 1. The van der Waals surface area contributed by atoms with Gasteiger partial charge in [0.2, 0.25) is 0 Å². The highest BCUT2D eigenvalue weighted by atomic mass is 16.7. The molecule has 0 bridgehead atoms. The van der Waals surface area contributed by atoms with Gasteiger partial charge in [-0.05, 0) is 25.8 Å². The van der Waals surface area contributed by atoms with Crippen molar-refractivity contribution in [2.24, 2.45) is 5.92 Å². The van der Waals surface area contributed by atoms with Crippen LogP contribution in [0, 0.1) is 5.92 Å². The van der Waals surface area contributed by atoms with Crippen molar-refractivity contribution in [1.29, 1.82) is 0 Å². The van der Waals surface area contributed by atoms with Crippen LogP contribution in [-0.4, -0.2) is 33.6 Å². The third-order valence-electron chi connectivity index (χ3n) is 3.50. The molecule has 0 heterocycles. The Kier molecular flexibility index (Phi) is 6.22. The molecule has 0 spiro atoms. The molecular weight excluding hydrogens is 190 g/mol. The van der Waals surface area contributed by atoms with Crippen molar-refractivity contribution in [2.45, 2.75) is 50.9 Å². The van der Waals surface area contributed by atoms with Gasteiger partial charge in [-0.15, -0.1) is 0 Å². The minimum Gasteiger partial charge on any atom is -0.354 e. The van der Waals surface area contributed by atoms with E-state index in [1.54, 1.807) is 14.2 Å². The summed E-state index contributed by atoms with van der Waals surface area (Å²) in [5.41, 5.74) is 0. The lowest BCUT2D eigenvalue weighted by molar-refractivity contribution is -0.132. The second-order valence-electron chi connectivity index (χ2n) is 4.41. The molecule has 0 aromatic carbocycles. The molecule has 90 valence electrons. The molecule has 3 nitrogen and oxygen atoms in total. The Labute approximate surface area is 93.5 Å². The topological polar surface area (TPSA) is 30.5 Å². The molecule has 0 saturated heterocycles. The molecule has 0 radical (unpaired) electrons. The molecule has 1 rings (SSSR count). The standard InChI is InChI=1S/C12H25NO2/c1-13-11(12(14-2)15-3)10-8-6-4-5-7-9-10/h10-13H,4-9H2,1-3H3. The summed E-state index contributed by atoms with van der Waals surface area (Å²) in [6.07, 6.45) is 7.96. The monoisotopic (exact) mass is 215 g/mol. The Morgan fingerprint density at radius 3 is 1.93 bits per heavy atom. The van der Waals surface area contributed by atoms with Gasteiger partial charge in [0.05, 0.1) is 6.04 Å². The molecule has 1 unspecified atom stereocenters. The Hall–Kier alpha value is -0.120. The third-order valence-corrected chi connectivity index (χ3v) is 3.50. The second-order valence-corrected chi connectivity index (χ2v) is 4.41. The van der Waals surface area contributed by atoms with Crippen LogP contribution in [0.1, 0.15) is 38.5 Å². The van der Waals surface area contributed by atoms with Gasteiger partial charge in [0, 0.05) is 14.2 Å². The summed E-state index contributed by atoms with van der Waals surface area (Å²) in [6.45, 7) is 0. The van der Waals surface area contributed by atoms with E-state index in [0.29, 0.717) is 12.0 Å². The maximum Gasteiger partial charge on any atom is 0.172 e. The summed E-state index contributed by atoms with van der Waals surface area (Å²) in [4.78, 5) is 0. The van der Waals surface area contributed by atoms with Crippen molar-refractivity contribution in [1.82, 2.24) is 5.32 Å². The maximum atomic E-state index is 5.36. The van der Waals surface area contributed by atoms with Crippen LogP contribution in [0.25, 0.3) is 0 Å². The molecule has 0 aromatic heterocycles. The zero-order valence-corrected chi connectivity index (χ0v) is 10.3. The first-order valence-electron chi connectivity index (χ1n) is 6.06. The van der Waals surface area contributed by atoms with E-state index >= 15 is 0 Å². The van der Waals surface area contributed by atoms with Crippen molar-refractivity contribution < 1.29 is 9.47 Å². The highest BCUT2D eigenvalue weighted by Gasteiger charge is 2.28. The maximum absolute atomic E-state index is 5.36. The van der Waals surface area contributed by atoms with Crippen LogP contribution in [0.2, 0.25) is 0 Å². The van der Waals surface area contributed by atoms with Crippen LogP contribution in [0.3, 0.4) is 0 Å². The highest BCUT2D eigenvalue weighted by Crippen LogP contribution is 2.27. The van der Waals surface area contributed by atoms with E-state index in [1.165, 1.54) is 38.5 Å². The largest absolute Gasteiger partial charge is 0.354 e. The first-order valence-corrected chi connectivity index (χ1v) is 6.06. The predicted molar refractivity (Wildman–Crippen MR) is 61.8 cm³/mol. The van der Waals surface area contributed by atoms with E-state index in [0.717, 1.165) is 0 Å². The first kappa shape index (κ1) is 12.9. The average Bonchev–Trinajstić information content (AvgIpc) is 2.54. The van der Waals surface area contributed by atoms with E-state index < -0.39 is 0 Å². The number of hydrogen-bond donors (Lipinski definition) is 1. The smallest absolute Gasteiger partial charge is 0.172 e. The van der Waals surface area contributed by atoms with Crippen molar-refractivity contribution in [3.05, 3.63) is 0 Å². The lowest BCUT2D eigenvalue weighted by atomic mass is 9.91. The molecule has 1 aliphatic carbocycles. The van der Waals surface area contributed by atoms with Crippen molar-refractivity contribution in [3.8, 4) is 0 Å². The summed E-state index contributed by atoms with van der Waals surface area (Å²) < 4.78 is 10.7. The molecule has 15 heavy (non-hydrogen) atoms. The SMILES string of the molecule is CNC(C1CCCCCC1)C(OC)OC. The Morgan fingerprint density at radius 2 is 1.53 bits per heavy atom. The van der Waals surface area contributed by atoms with Gasteiger partial charge in [-0.1, -0.05) is 25.7 Å². The zero-order chi connectivity index (χ0) is 11.1. The number of hydrogen-bond acceptors (Lipinski definition) is 3. The van der Waals surface area contributed by atoms with Crippen LogP contribution < -0.4 is 5.32 Å². The Morgan fingerprint density at radius 1 is 1.00 bits per heavy atom. The van der Waals surface area contributed by atoms with Gasteiger partial charge in [-0.3, -0.25) is 0 Å². The summed E-state index contributed by atoms with van der Waals surface area (Å²) in [5, 5.41) is 3.35. The van der Waals surface area contributed by atoms with Gasteiger partial charge in [-0.25, -0.2) is 0 Å². The summed E-state index contributed by atoms with van der Waals surface area (Å²) in [6, 6.07) is 0.332. The van der Waals surface area contributed by atoms with Crippen LogP contribution in [-0.2, 0) is 9.47 Å². The summed E-state index contributed by atoms with van der Waals surface area (Å²) in [7, 11) is 5.44. The number of nitrogens with one attached hydrogen (secondary N) is 1. The van der Waals surface area contributed by atoms with Gasteiger partial charge in [0.1, 0.15) is 0 Å². The fraction of sp³-hybridized carbons (Fsp3) is 1.00. The first-order chi connectivity index (χ1) is 7.33. The molecule has 1 saturated carbocycles. The molecular formula is C12H25NO2. The molecule has 0 aromatic rings. The number of rotatable bonds is 5. The molecule has 3 heteroatoms. The summed E-state index contributed by atoms with van der Waals surface area (Å²) >= 11 is 0. The van der Waals surface area contributed by atoms with Crippen LogP contribution in [0.5, 0.6) is 0 Å². The fourth-order valence-corrected chi connectivity index (χ4v) is 2.65. The third kappa shape index (κ3) is 3.74. The highest BCUT2D eigenvalue weighted by molar-refractivity contribution is 4.80. The second kappa shape index (κ2) is 7.20. The predicted octanol–water partition coefficient (Wildman–Crippen LogP) is 2.16. The lowest BCUT2D eigenvalue weighted by Crippen LogP contribution is -2.45. The van der Waals surface area contributed by atoms with E-state index in [1.807, 2.05) is 7.05 Å². The summed E-state index contributed by atoms with van der Waals surface area (Å²) in [5.74, 6) is 0.697. The van der Waals surface area contributed by atoms with Crippen LogP contribution in [0.15, 0.2) is 0 Å². The van der Waals surface area contributed by atoms with Gasteiger partial charge in [0.25, 0.3) is 0 Å². The van der Waals surface area contributed by atoms with Gasteiger partial charge < -0.3 is 14.8 Å². The van der Waals surface area contributed by atoms with Crippen molar-refractivity contribution in [3.63, 3.8) is 0 Å². The van der Waals surface area contributed by atoms with Crippen LogP contribution in [0.4, 0.5) is 0 Å². The minimum atomic E-state index is -0.113. The normalized spacial score (nSPS) is 21.6.